The molecule has 158 valence electrons. The first-order chi connectivity index (χ1) is 13.8. The summed E-state index contributed by atoms with van der Waals surface area (Å²) in [7, 11) is 0. The number of rotatable bonds is 5. The SMILES string of the molecule is O=C(OCc1ccccc1)C1C=C(O)C=CC1(O)[C@@H]1O[C@H](CO)[C@@H](O)[C@H](O)[C@H]1O. The lowest BCUT2D eigenvalue weighted by Crippen LogP contribution is -2.67. The van der Waals surface area contributed by atoms with E-state index in [-0.39, 0.29) is 12.4 Å². The second-order valence-electron chi connectivity index (χ2n) is 7.13. The predicted molar refractivity (Wildman–Crippen MR) is 98.3 cm³/mol. The molecule has 1 fully saturated rings. The summed E-state index contributed by atoms with van der Waals surface area (Å²) in [6, 6.07) is 8.82. The summed E-state index contributed by atoms with van der Waals surface area (Å²) in [5, 5.41) is 60.8. The molecular weight excluding hydrogens is 384 g/mol. The van der Waals surface area contributed by atoms with Gasteiger partial charge >= 0.3 is 5.97 Å². The van der Waals surface area contributed by atoms with E-state index in [2.05, 4.69) is 0 Å². The molecule has 0 aromatic heterocycles. The minimum atomic E-state index is -2.21. The number of aliphatic hydroxyl groups is 6. The van der Waals surface area contributed by atoms with E-state index in [1.807, 2.05) is 0 Å². The quantitative estimate of drug-likeness (QED) is 0.334. The molecule has 1 aromatic carbocycles. The maximum absolute atomic E-state index is 12.7. The van der Waals surface area contributed by atoms with E-state index in [0.717, 1.165) is 18.2 Å². The monoisotopic (exact) mass is 408 g/mol. The summed E-state index contributed by atoms with van der Waals surface area (Å²) < 4.78 is 10.7. The van der Waals surface area contributed by atoms with E-state index in [1.54, 1.807) is 30.3 Å². The number of ether oxygens (including phenoxy) is 2. The number of benzene rings is 1. The lowest BCUT2D eigenvalue weighted by molar-refractivity contribution is -0.267. The van der Waals surface area contributed by atoms with Gasteiger partial charge in [-0.1, -0.05) is 30.3 Å². The Bertz CT molecular complexity index is 775. The number of allylic oxidation sites excluding steroid dienone is 1. The summed E-state index contributed by atoms with van der Waals surface area (Å²) in [6.07, 6.45) is -4.76. The molecule has 1 aliphatic carbocycles. The molecule has 1 heterocycles. The fraction of sp³-hybridized carbons (Fsp3) is 0.450. The normalized spacial score (nSPS) is 37.1. The highest BCUT2D eigenvalue weighted by Gasteiger charge is 2.56. The first-order valence-corrected chi connectivity index (χ1v) is 9.11. The van der Waals surface area contributed by atoms with Gasteiger partial charge in [0.25, 0.3) is 0 Å². The van der Waals surface area contributed by atoms with Crippen LogP contribution in [0.1, 0.15) is 5.56 Å². The standard InChI is InChI=1S/C20H24O9/c21-9-14-15(23)16(24)17(25)18(29-14)20(27)7-6-12(22)8-13(20)19(26)28-10-11-4-2-1-3-5-11/h1-8,13-18,21-25,27H,9-10H2/t13?,14-,15-,16+,17-,18-,20?/m1/s1. The molecule has 9 nitrogen and oxygen atoms in total. The van der Waals surface area contributed by atoms with Gasteiger partial charge in [-0.3, -0.25) is 4.79 Å². The van der Waals surface area contributed by atoms with Crippen molar-refractivity contribution in [3.8, 4) is 0 Å². The van der Waals surface area contributed by atoms with E-state index in [1.165, 1.54) is 0 Å². The largest absolute Gasteiger partial charge is 0.508 e. The van der Waals surface area contributed by atoms with Crippen LogP contribution in [0.25, 0.3) is 0 Å². The van der Waals surface area contributed by atoms with E-state index in [9.17, 15) is 35.4 Å². The Morgan fingerprint density at radius 2 is 1.79 bits per heavy atom. The second kappa shape index (κ2) is 8.62. The van der Waals surface area contributed by atoms with Crippen molar-refractivity contribution in [3.05, 3.63) is 59.9 Å². The summed E-state index contributed by atoms with van der Waals surface area (Å²) in [5.41, 5.74) is -1.51. The highest BCUT2D eigenvalue weighted by Crippen LogP contribution is 2.38. The Kier molecular flexibility index (Phi) is 6.37. The maximum Gasteiger partial charge on any atom is 0.316 e. The molecule has 2 aliphatic rings. The average Bonchev–Trinajstić information content (AvgIpc) is 2.73. The van der Waals surface area contributed by atoms with Crippen LogP contribution < -0.4 is 0 Å². The van der Waals surface area contributed by atoms with Gasteiger partial charge in [-0.25, -0.2) is 0 Å². The smallest absolute Gasteiger partial charge is 0.316 e. The fourth-order valence-corrected chi connectivity index (χ4v) is 3.51. The molecule has 7 atom stereocenters. The van der Waals surface area contributed by atoms with Crippen molar-refractivity contribution in [2.45, 2.75) is 42.7 Å². The van der Waals surface area contributed by atoms with Crippen LogP contribution in [0.3, 0.4) is 0 Å². The van der Waals surface area contributed by atoms with E-state index >= 15 is 0 Å². The molecular formula is C20H24O9. The van der Waals surface area contributed by atoms with Crippen molar-refractivity contribution in [3.63, 3.8) is 0 Å². The minimum absolute atomic E-state index is 0.0841. The molecule has 29 heavy (non-hydrogen) atoms. The van der Waals surface area contributed by atoms with Crippen molar-refractivity contribution in [2.75, 3.05) is 6.61 Å². The molecule has 0 spiro atoms. The molecule has 0 radical (unpaired) electrons. The van der Waals surface area contributed by atoms with Crippen LogP contribution in [0.5, 0.6) is 0 Å². The van der Waals surface area contributed by atoms with Gasteiger partial charge in [0.1, 0.15) is 54.4 Å². The van der Waals surface area contributed by atoms with E-state index in [0.29, 0.717) is 5.56 Å². The number of carbonyl (C=O) groups excluding carboxylic acids is 1. The number of carbonyl (C=O) groups is 1. The van der Waals surface area contributed by atoms with Gasteiger partial charge in [0.2, 0.25) is 0 Å². The zero-order valence-corrected chi connectivity index (χ0v) is 15.4. The van der Waals surface area contributed by atoms with Crippen LogP contribution in [-0.2, 0) is 20.9 Å². The Morgan fingerprint density at radius 1 is 1.10 bits per heavy atom. The Hall–Kier alpha value is -2.27. The summed E-state index contributed by atoms with van der Waals surface area (Å²) in [4.78, 5) is 12.7. The van der Waals surface area contributed by atoms with Gasteiger partial charge in [-0.2, -0.15) is 0 Å². The third kappa shape index (κ3) is 4.20. The Labute approximate surface area is 166 Å². The van der Waals surface area contributed by atoms with Crippen molar-refractivity contribution < 1.29 is 44.9 Å². The summed E-state index contributed by atoms with van der Waals surface area (Å²) in [6.45, 7) is -0.773. The Balaban J connectivity index is 1.84. The lowest BCUT2D eigenvalue weighted by atomic mass is 9.74. The van der Waals surface area contributed by atoms with Gasteiger partial charge in [0, 0.05) is 0 Å². The van der Waals surface area contributed by atoms with Crippen LogP contribution >= 0.6 is 0 Å². The molecule has 0 saturated carbocycles. The van der Waals surface area contributed by atoms with E-state index in [4.69, 9.17) is 9.47 Å². The molecule has 3 rings (SSSR count). The average molecular weight is 408 g/mol. The molecule has 6 N–H and O–H groups in total. The highest BCUT2D eigenvalue weighted by molar-refractivity contribution is 5.77. The number of aliphatic hydroxyl groups excluding tert-OH is 5. The first-order valence-electron chi connectivity index (χ1n) is 9.11. The molecule has 9 heteroatoms. The molecule has 2 unspecified atom stereocenters. The highest BCUT2D eigenvalue weighted by atomic mass is 16.6. The molecule has 0 amide bonds. The van der Waals surface area contributed by atoms with Crippen LogP contribution in [0, 0.1) is 5.92 Å². The molecule has 0 bridgehead atoms. The van der Waals surface area contributed by atoms with Crippen LogP contribution in [0.15, 0.2) is 54.3 Å². The van der Waals surface area contributed by atoms with E-state index < -0.39 is 54.6 Å². The Morgan fingerprint density at radius 3 is 2.45 bits per heavy atom. The molecule has 1 saturated heterocycles. The van der Waals surface area contributed by atoms with Gasteiger partial charge in [0.15, 0.2) is 0 Å². The third-order valence-corrected chi connectivity index (χ3v) is 5.18. The maximum atomic E-state index is 12.7. The number of hydrogen-bond donors (Lipinski definition) is 6. The zero-order chi connectivity index (χ0) is 21.2. The first kappa shape index (κ1) is 21.4. The van der Waals surface area contributed by atoms with Crippen LogP contribution in [-0.4, -0.2) is 79.3 Å². The van der Waals surface area contributed by atoms with Gasteiger partial charge < -0.3 is 40.1 Å². The topological polar surface area (TPSA) is 157 Å². The third-order valence-electron chi connectivity index (χ3n) is 5.18. The second-order valence-corrected chi connectivity index (χ2v) is 7.13. The van der Waals surface area contributed by atoms with Crippen LogP contribution in [0.2, 0.25) is 0 Å². The van der Waals surface area contributed by atoms with Crippen LogP contribution in [0.4, 0.5) is 0 Å². The summed E-state index contributed by atoms with van der Waals surface area (Å²) in [5.74, 6) is -2.68. The van der Waals surface area contributed by atoms with Crippen molar-refractivity contribution >= 4 is 5.97 Å². The van der Waals surface area contributed by atoms with Gasteiger partial charge in [-0.15, -0.1) is 0 Å². The zero-order valence-electron chi connectivity index (χ0n) is 15.4. The lowest BCUT2D eigenvalue weighted by Gasteiger charge is -2.47. The van der Waals surface area contributed by atoms with Crippen molar-refractivity contribution in [2.24, 2.45) is 5.92 Å². The van der Waals surface area contributed by atoms with Gasteiger partial charge in [0.05, 0.1) is 6.61 Å². The van der Waals surface area contributed by atoms with Crippen molar-refractivity contribution in [1.29, 1.82) is 0 Å². The van der Waals surface area contributed by atoms with Crippen molar-refractivity contribution in [1.82, 2.24) is 0 Å². The fourth-order valence-electron chi connectivity index (χ4n) is 3.51. The molecule has 1 aliphatic heterocycles. The number of hydrogen-bond acceptors (Lipinski definition) is 9. The predicted octanol–water partition coefficient (Wildman–Crippen LogP) is -1.07. The molecule has 1 aromatic rings. The minimum Gasteiger partial charge on any atom is -0.508 e. The number of esters is 1. The summed E-state index contributed by atoms with van der Waals surface area (Å²) >= 11 is 0. The van der Waals surface area contributed by atoms with Gasteiger partial charge in [-0.05, 0) is 23.8 Å².